The third-order valence-electron chi connectivity index (χ3n) is 6.00. The van der Waals surface area contributed by atoms with E-state index in [4.69, 9.17) is 28.0 Å². The van der Waals surface area contributed by atoms with Gasteiger partial charge >= 0.3 is 6.18 Å². The van der Waals surface area contributed by atoms with E-state index in [0.717, 1.165) is 10.5 Å². The number of benzene rings is 2. The van der Waals surface area contributed by atoms with Crippen LogP contribution in [0.15, 0.2) is 41.6 Å². The first-order valence-electron chi connectivity index (χ1n) is 10.8. The molecule has 0 radical (unpaired) electrons. The molecule has 1 atom stereocenters. The summed E-state index contributed by atoms with van der Waals surface area (Å²) in [6.07, 6.45) is -4.31. The van der Waals surface area contributed by atoms with E-state index in [1.165, 1.54) is 6.07 Å². The van der Waals surface area contributed by atoms with Gasteiger partial charge in [-0.05, 0) is 55.3 Å². The molecule has 3 amide bonds. The summed E-state index contributed by atoms with van der Waals surface area (Å²) >= 11 is 12.2. The van der Waals surface area contributed by atoms with E-state index >= 15 is 0 Å². The van der Waals surface area contributed by atoms with Gasteiger partial charge in [-0.15, -0.1) is 0 Å². The van der Waals surface area contributed by atoms with Crippen molar-refractivity contribution in [2.45, 2.75) is 32.0 Å². The maximum atomic E-state index is 13.0. The zero-order valence-electron chi connectivity index (χ0n) is 19.2. The molecule has 1 saturated heterocycles. The van der Waals surface area contributed by atoms with Crippen molar-refractivity contribution < 1.29 is 32.4 Å². The number of amides is 3. The molecule has 0 saturated carbocycles. The number of alkyl halides is 3. The summed E-state index contributed by atoms with van der Waals surface area (Å²) < 4.78 is 37.9. The first kappa shape index (κ1) is 26.0. The molecule has 2 aromatic rings. The smallest absolute Gasteiger partial charge is 0.384 e. The second-order valence-corrected chi connectivity index (χ2v) is 9.75. The molecule has 1 fully saturated rings. The van der Waals surface area contributed by atoms with Crippen LogP contribution in [-0.2, 0) is 20.0 Å². The van der Waals surface area contributed by atoms with Crippen molar-refractivity contribution >= 4 is 46.6 Å². The summed E-state index contributed by atoms with van der Waals surface area (Å²) in [7, 11) is 0. The molecule has 4 rings (SSSR count). The number of rotatable bonds is 4. The minimum atomic E-state index is -4.72. The molecular weight excluding hydrogens is 522 g/mol. The number of hydrogen-bond acceptors (Lipinski definition) is 5. The van der Waals surface area contributed by atoms with Gasteiger partial charge in [0.1, 0.15) is 19.6 Å². The minimum absolute atomic E-state index is 0.127. The van der Waals surface area contributed by atoms with Gasteiger partial charge in [0.05, 0.1) is 5.71 Å². The number of carbonyl (C=O) groups excluding carboxylic acids is 3. The molecule has 36 heavy (non-hydrogen) atoms. The highest BCUT2D eigenvalue weighted by Crippen LogP contribution is 2.38. The maximum Gasteiger partial charge on any atom is 0.406 e. The van der Waals surface area contributed by atoms with Gasteiger partial charge in [-0.2, -0.15) is 13.2 Å². The summed E-state index contributed by atoms with van der Waals surface area (Å²) in [6, 6.07) is 10.0. The van der Waals surface area contributed by atoms with Crippen molar-refractivity contribution in [3.05, 3.63) is 68.7 Å². The Labute approximate surface area is 214 Å². The molecule has 2 aromatic carbocycles. The summed E-state index contributed by atoms with van der Waals surface area (Å²) in [5.74, 6) is -2.79. The summed E-state index contributed by atoms with van der Waals surface area (Å²) in [5, 5.41) is 5.13. The Bertz CT molecular complexity index is 1260. The van der Waals surface area contributed by atoms with Crippen molar-refractivity contribution in [1.82, 2.24) is 9.80 Å². The van der Waals surface area contributed by atoms with Crippen molar-refractivity contribution in [3.8, 4) is 0 Å². The quantitative estimate of drug-likeness (QED) is 0.525. The largest absolute Gasteiger partial charge is 0.406 e. The first-order valence-corrected chi connectivity index (χ1v) is 11.5. The first-order chi connectivity index (χ1) is 16.8. The van der Waals surface area contributed by atoms with E-state index < -0.39 is 49.1 Å². The molecule has 0 aliphatic carbocycles. The van der Waals surface area contributed by atoms with Crippen LogP contribution >= 0.6 is 23.2 Å². The maximum absolute atomic E-state index is 13.0. The number of halogens is 5. The number of imide groups is 1. The van der Waals surface area contributed by atoms with Crippen molar-refractivity contribution in [3.63, 3.8) is 0 Å². The Hall–Kier alpha value is -3.11. The van der Waals surface area contributed by atoms with Crippen LogP contribution < -0.4 is 0 Å². The van der Waals surface area contributed by atoms with Crippen LogP contribution in [0.4, 0.5) is 13.2 Å². The van der Waals surface area contributed by atoms with E-state index in [-0.39, 0.29) is 10.5 Å². The topological polar surface area (TPSA) is 79.3 Å². The highest BCUT2D eigenvalue weighted by Gasteiger charge is 2.41. The van der Waals surface area contributed by atoms with Crippen molar-refractivity contribution in [1.29, 1.82) is 0 Å². The third-order valence-corrected chi connectivity index (χ3v) is 6.44. The van der Waals surface area contributed by atoms with E-state index in [1.54, 1.807) is 37.3 Å². The zero-order chi connectivity index (χ0) is 26.4. The minimum Gasteiger partial charge on any atom is -0.384 e. The molecule has 7 nitrogen and oxygen atoms in total. The molecular formula is C24H20Cl2F3N3O4. The van der Waals surface area contributed by atoms with Crippen LogP contribution in [0.5, 0.6) is 0 Å². The lowest BCUT2D eigenvalue weighted by Gasteiger charge is -2.33. The lowest BCUT2D eigenvalue weighted by molar-refractivity contribution is -0.174. The zero-order valence-corrected chi connectivity index (χ0v) is 20.7. The SMILES string of the molecule is Cc1cc(C2=NOC(C)(c3cc(Cl)cc(Cl)c3)C2)ccc1C(=O)N1CC(=O)N(CC(F)(F)F)C(=O)C1. The molecule has 190 valence electrons. The molecule has 12 heteroatoms. The Kier molecular flexibility index (Phi) is 6.78. The Morgan fingerprint density at radius 3 is 2.25 bits per heavy atom. The van der Waals surface area contributed by atoms with Gasteiger partial charge in [-0.1, -0.05) is 34.4 Å². The number of hydrogen-bond donors (Lipinski definition) is 0. The highest BCUT2D eigenvalue weighted by molar-refractivity contribution is 6.34. The molecule has 0 N–H and O–H groups in total. The Balaban J connectivity index is 1.48. The standard InChI is InChI=1S/C24H20Cl2F3N3O4/c1-13-5-14(19-9-23(2,36-30-19)15-6-16(25)8-17(26)7-15)3-4-18(13)22(35)31-10-20(33)32(21(34)11-31)12-24(27,28)29/h3-8H,9-12H2,1-2H3. The predicted octanol–water partition coefficient (Wildman–Crippen LogP) is 4.71. The fraction of sp³-hybridized carbons (Fsp3) is 0.333. The van der Waals surface area contributed by atoms with E-state index in [2.05, 4.69) is 5.16 Å². The molecule has 2 aliphatic heterocycles. The van der Waals surface area contributed by atoms with Crippen LogP contribution in [0, 0.1) is 6.92 Å². The normalized spacial score (nSPS) is 20.5. The van der Waals surface area contributed by atoms with Crippen LogP contribution in [0.1, 0.15) is 40.4 Å². The molecule has 0 spiro atoms. The molecule has 1 unspecified atom stereocenters. The fourth-order valence-corrected chi connectivity index (χ4v) is 4.68. The van der Waals surface area contributed by atoms with Crippen LogP contribution in [0.2, 0.25) is 10.0 Å². The van der Waals surface area contributed by atoms with E-state index in [0.29, 0.717) is 33.3 Å². The second kappa shape index (κ2) is 9.40. The van der Waals surface area contributed by atoms with Crippen LogP contribution in [-0.4, -0.2) is 59.0 Å². The number of piperazine rings is 1. The van der Waals surface area contributed by atoms with Crippen LogP contribution in [0.3, 0.4) is 0 Å². The number of nitrogens with zero attached hydrogens (tertiary/aromatic N) is 3. The average molecular weight is 542 g/mol. The number of carbonyl (C=O) groups is 3. The van der Waals surface area contributed by atoms with Crippen molar-refractivity contribution in [2.24, 2.45) is 5.16 Å². The lowest BCUT2D eigenvalue weighted by Crippen LogP contribution is -2.57. The lowest BCUT2D eigenvalue weighted by atomic mass is 9.88. The van der Waals surface area contributed by atoms with Crippen molar-refractivity contribution in [2.75, 3.05) is 19.6 Å². The molecule has 2 aliphatic rings. The molecule has 0 bridgehead atoms. The van der Waals surface area contributed by atoms with Gasteiger partial charge in [0, 0.05) is 27.6 Å². The van der Waals surface area contributed by atoms with Gasteiger partial charge in [0.15, 0.2) is 5.60 Å². The van der Waals surface area contributed by atoms with Crippen LogP contribution in [0.25, 0.3) is 0 Å². The monoisotopic (exact) mass is 541 g/mol. The van der Waals surface area contributed by atoms with Gasteiger partial charge < -0.3 is 9.74 Å². The summed E-state index contributed by atoms with van der Waals surface area (Å²) in [4.78, 5) is 44.0. The van der Waals surface area contributed by atoms with Gasteiger partial charge in [0.2, 0.25) is 11.8 Å². The Morgan fingerprint density at radius 1 is 1.08 bits per heavy atom. The number of aryl methyl sites for hydroxylation is 1. The van der Waals surface area contributed by atoms with E-state index in [1.807, 2.05) is 6.92 Å². The van der Waals surface area contributed by atoms with Gasteiger partial charge in [-0.3, -0.25) is 19.3 Å². The Morgan fingerprint density at radius 2 is 1.69 bits per heavy atom. The average Bonchev–Trinajstić information content (AvgIpc) is 3.18. The van der Waals surface area contributed by atoms with Gasteiger partial charge in [0.25, 0.3) is 5.91 Å². The number of oxime groups is 1. The fourth-order valence-electron chi connectivity index (χ4n) is 4.15. The summed E-state index contributed by atoms with van der Waals surface area (Å²) in [6.45, 7) is 0.603. The predicted molar refractivity (Wildman–Crippen MR) is 126 cm³/mol. The summed E-state index contributed by atoms with van der Waals surface area (Å²) in [5.41, 5.74) is 2.03. The van der Waals surface area contributed by atoms with E-state index in [9.17, 15) is 27.6 Å². The van der Waals surface area contributed by atoms with Gasteiger partial charge in [-0.25, -0.2) is 0 Å². The highest BCUT2D eigenvalue weighted by atomic mass is 35.5. The third kappa shape index (κ3) is 5.34. The second-order valence-electron chi connectivity index (χ2n) is 8.87. The molecule has 2 heterocycles. The molecule has 0 aromatic heterocycles.